The molecule has 18 heavy (non-hydrogen) atoms. The number of rotatable bonds is 6. The number of carbonyl (C=O) groups is 1. The first-order valence-corrected chi connectivity index (χ1v) is 6.43. The van der Waals surface area contributed by atoms with E-state index in [9.17, 15) is 4.79 Å². The number of methoxy groups -OCH3 is 1. The van der Waals surface area contributed by atoms with Crippen molar-refractivity contribution < 1.29 is 9.53 Å². The van der Waals surface area contributed by atoms with Gasteiger partial charge in [0.25, 0.3) is 5.91 Å². The van der Waals surface area contributed by atoms with Crippen LogP contribution in [-0.2, 0) is 0 Å². The topological polar surface area (TPSA) is 64.3 Å². The van der Waals surface area contributed by atoms with Crippen LogP contribution in [0.25, 0.3) is 0 Å². The predicted molar refractivity (Wildman–Crippen MR) is 71.7 cm³/mol. The zero-order valence-electron chi connectivity index (χ0n) is 10.7. The third-order valence-electron chi connectivity index (χ3n) is 3.30. The highest BCUT2D eigenvalue weighted by Crippen LogP contribution is 2.33. The number of amides is 1. The molecule has 0 spiro atoms. The monoisotopic (exact) mass is 248 g/mol. The van der Waals surface area contributed by atoms with Gasteiger partial charge in [0, 0.05) is 6.54 Å². The Morgan fingerprint density at radius 1 is 1.50 bits per heavy atom. The lowest BCUT2D eigenvalue weighted by Gasteiger charge is -2.10. The lowest BCUT2D eigenvalue weighted by atomic mass is 10.1. The Labute approximate surface area is 108 Å². The molecule has 1 aromatic carbocycles. The van der Waals surface area contributed by atoms with Crippen LogP contribution in [0.15, 0.2) is 18.2 Å². The summed E-state index contributed by atoms with van der Waals surface area (Å²) in [4.78, 5) is 11.9. The van der Waals surface area contributed by atoms with Crippen LogP contribution < -0.4 is 15.8 Å². The third-order valence-corrected chi connectivity index (χ3v) is 3.30. The highest BCUT2D eigenvalue weighted by atomic mass is 16.5. The molecule has 1 saturated carbocycles. The van der Waals surface area contributed by atoms with E-state index in [2.05, 4.69) is 5.32 Å². The standard InChI is InChI=1S/C14H20N2O2/c1-18-12-6-2-5-11(13(12)15)14(17)16-9-3-4-10-7-8-10/h2,5-6,10H,3-4,7-9,15H2,1H3,(H,16,17). The molecule has 2 rings (SSSR count). The summed E-state index contributed by atoms with van der Waals surface area (Å²) in [5, 5.41) is 2.90. The molecular formula is C14H20N2O2. The van der Waals surface area contributed by atoms with E-state index in [1.54, 1.807) is 25.3 Å². The lowest BCUT2D eigenvalue weighted by Crippen LogP contribution is -2.25. The van der Waals surface area contributed by atoms with Gasteiger partial charge in [-0.1, -0.05) is 18.9 Å². The van der Waals surface area contributed by atoms with Gasteiger partial charge in [-0.05, 0) is 30.9 Å². The highest BCUT2D eigenvalue weighted by molar-refractivity contribution is 6.00. The SMILES string of the molecule is COc1cccc(C(=O)NCCCC2CC2)c1N. The first-order valence-electron chi connectivity index (χ1n) is 6.43. The van der Waals surface area contributed by atoms with Crippen LogP contribution in [0.1, 0.15) is 36.0 Å². The van der Waals surface area contributed by atoms with E-state index in [-0.39, 0.29) is 5.91 Å². The van der Waals surface area contributed by atoms with Gasteiger partial charge >= 0.3 is 0 Å². The second kappa shape index (κ2) is 5.76. The molecule has 3 N–H and O–H groups in total. The van der Waals surface area contributed by atoms with Crippen LogP contribution in [0, 0.1) is 5.92 Å². The Hall–Kier alpha value is -1.71. The molecule has 0 aliphatic heterocycles. The third kappa shape index (κ3) is 3.15. The molecule has 1 aliphatic carbocycles. The van der Waals surface area contributed by atoms with Crippen molar-refractivity contribution >= 4 is 11.6 Å². The summed E-state index contributed by atoms with van der Waals surface area (Å²) in [5.41, 5.74) is 6.76. The van der Waals surface area contributed by atoms with E-state index in [0.717, 1.165) is 12.3 Å². The minimum Gasteiger partial charge on any atom is -0.495 e. The summed E-state index contributed by atoms with van der Waals surface area (Å²) in [6.45, 7) is 0.714. The number of nitrogens with one attached hydrogen (secondary N) is 1. The minimum atomic E-state index is -0.123. The van der Waals surface area contributed by atoms with E-state index >= 15 is 0 Å². The van der Waals surface area contributed by atoms with Crippen molar-refractivity contribution in [2.24, 2.45) is 5.92 Å². The summed E-state index contributed by atoms with van der Waals surface area (Å²) < 4.78 is 5.10. The number of hydrogen-bond donors (Lipinski definition) is 2. The first-order chi connectivity index (χ1) is 8.72. The normalized spacial score (nSPS) is 14.3. The summed E-state index contributed by atoms with van der Waals surface area (Å²) in [6, 6.07) is 5.24. The summed E-state index contributed by atoms with van der Waals surface area (Å²) in [6.07, 6.45) is 4.97. The van der Waals surface area contributed by atoms with Crippen LogP contribution in [0.5, 0.6) is 5.75 Å². The molecule has 1 fully saturated rings. The molecule has 1 amide bonds. The smallest absolute Gasteiger partial charge is 0.253 e. The number of anilines is 1. The van der Waals surface area contributed by atoms with Gasteiger partial charge in [0.2, 0.25) is 0 Å². The van der Waals surface area contributed by atoms with E-state index in [4.69, 9.17) is 10.5 Å². The fourth-order valence-electron chi connectivity index (χ4n) is 2.01. The second-order valence-corrected chi connectivity index (χ2v) is 4.76. The average Bonchev–Trinajstić information content (AvgIpc) is 3.18. The molecule has 0 bridgehead atoms. The molecule has 98 valence electrons. The number of para-hydroxylation sites is 1. The number of nitrogen functional groups attached to an aromatic ring is 1. The van der Waals surface area contributed by atoms with E-state index in [1.807, 2.05) is 0 Å². The number of carbonyl (C=O) groups excluding carboxylic acids is 1. The quantitative estimate of drug-likeness (QED) is 0.599. The predicted octanol–water partition coefficient (Wildman–Crippen LogP) is 2.20. The number of benzene rings is 1. The Morgan fingerprint density at radius 3 is 2.94 bits per heavy atom. The van der Waals surface area contributed by atoms with Crippen LogP contribution in [0.3, 0.4) is 0 Å². The molecule has 0 atom stereocenters. The Kier molecular flexibility index (Phi) is 4.07. The van der Waals surface area contributed by atoms with Crippen molar-refractivity contribution in [1.82, 2.24) is 5.32 Å². The molecule has 0 heterocycles. The molecular weight excluding hydrogens is 228 g/mol. The van der Waals surface area contributed by atoms with Crippen LogP contribution >= 0.6 is 0 Å². The minimum absolute atomic E-state index is 0.123. The van der Waals surface area contributed by atoms with Gasteiger partial charge < -0.3 is 15.8 Å². The van der Waals surface area contributed by atoms with Gasteiger partial charge in [-0.2, -0.15) is 0 Å². The fourth-order valence-corrected chi connectivity index (χ4v) is 2.01. The molecule has 1 aliphatic rings. The van der Waals surface area contributed by atoms with E-state index < -0.39 is 0 Å². The Bertz CT molecular complexity index is 428. The zero-order valence-corrected chi connectivity index (χ0v) is 10.7. The van der Waals surface area contributed by atoms with Crippen molar-refractivity contribution in [2.45, 2.75) is 25.7 Å². The molecule has 4 nitrogen and oxygen atoms in total. The summed E-state index contributed by atoms with van der Waals surface area (Å²) in [5.74, 6) is 1.33. The lowest BCUT2D eigenvalue weighted by molar-refractivity contribution is 0.0953. The maximum Gasteiger partial charge on any atom is 0.253 e. The van der Waals surface area contributed by atoms with Crippen molar-refractivity contribution in [2.75, 3.05) is 19.4 Å². The molecule has 0 saturated heterocycles. The molecule has 0 aromatic heterocycles. The Balaban J connectivity index is 1.87. The van der Waals surface area contributed by atoms with E-state index in [0.29, 0.717) is 23.5 Å². The van der Waals surface area contributed by atoms with Gasteiger partial charge in [0.15, 0.2) is 0 Å². The molecule has 0 unspecified atom stereocenters. The summed E-state index contributed by atoms with van der Waals surface area (Å²) in [7, 11) is 1.54. The van der Waals surface area contributed by atoms with Crippen LogP contribution in [-0.4, -0.2) is 19.6 Å². The number of hydrogen-bond acceptors (Lipinski definition) is 3. The maximum atomic E-state index is 11.9. The first kappa shape index (κ1) is 12.7. The highest BCUT2D eigenvalue weighted by Gasteiger charge is 2.20. The molecule has 4 heteroatoms. The van der Waals surface area contributed by atoms with Crippen molar-refractivity contribution in [1.29, 1.82) is 0 Å². The number of ether oxygens (including phenoxy) is 1. The van der Waals surface area contributed by atoms with E-state index in [1.165, 1.54) is 19.3 Å². The van der Waals surface area contributed by atoms with Gasteiger partial charge in [-0.15, -0.1) is 0 Å². The maximum absolute atomic E-state index is 11.9. The van der Waals surface area contributed by atoms with Crippen molar-refractivity contribution in [3.63, 3.8) is 0 Å². The van der Waals surface area contributed by atoms with Crippen LogP contribution in [0.2, 0.25) is 0 Å². The summed E-state index contributed by atoms with van der Waals surface area (Å²) >= 11 is 0. The van der Waals surface area contributed by atoms with Gasteiger partial charge in [0.1, 0.15) is 5.75 Å². The van der Waals surface area contributed by atoms with Crippen molar-refractivity contribution in [3.8, 4) is 5.75 Å². The van der Waals surface area contributed by atoms with Crippen LogP contribution in [0.4, 0.5) is 5.69 Å². The van der Waals surface area contributed by atoms with Gasteiger partial charge in [0.05, 0.1) is 18.4 Å². The fraction of sp³-hybridized carbons (Fsp3) is 0.500. The number of nitrogens with two attached hydrogens (primary N) is 1. The van der Waals surface area contributed by atoms with Crippen molar-refractivity contribution in [3.05, 3.63) is 23.8 Å². The Morgan fingerprint density at radius 2 is 2.28 bits per heavy atom. The molecule has 1 aromatic rings. The van der Waals surface area contributed by atoms with Gasteiger partial charge in [-0.3, -0.25) is 4.79 Å². The zero-order chi connectivity index (χ0) is 13.0. The van der Waals surface area contributed by atoms with Gasteiger partial charge in [-0.25, -0.2) is 0 Å². The molecule has 0 radical (unpaired) electrons. The largest absolute Gasteiger partial charge is 0.495 e. The second-order valence-electron chi connectivity index (χ2n) is 4.76. The average molecular weight is 248 g/mol.